The molecule has 2 rings (SSSR count). The van der Waals surface area contributed by atoms with Crippen LogP contribution in [0.2, 0.25) is 15.1 Å². The molecule has 0 aliphatic rings. The number of carbonyl (C=O) groups excluding carboxylic acids is 1. The Morgan fingerprint density at radius 3 is 2.00 bits per heavy atom. The molecule has 32 heavy (non-hydrogen) atoms. The number of hydrogen-bond acceptors (Lipinski definition) is 1. The van der Waals surface area contributed by atoms with Crippen molar-refractivity contribution in [3.63, 3.8) is 0 Å². The van der Waals surface area contributed by atoms with Crippen molar-refractivity contribution in [3.05, 3.63) is 74.2 Å². The molecule has 0 spiro atoms. The van der Waals surface area contributed by atoms with E-state index in [9.17, 15) is 31.1 Å². The molecule has 0 aromatic heterocycles. The zero-order valence-electron chi connectivity index (χ0n) is 16.4. The summed E-state index contributed by atoms with van der Waals surface area (Å²) in [6.45, 7) is -0.0775. The Morgan fingerprint density at radius 1 is 1.00 bits per heavy atom. The average Bonchev–Trinajstić information content (AvgIpc) is 2.65. The van der Waals surface area contributed by atoms with Gasteiger partial charge in [-0.2, -0.15) is 26.3 Å². The molecule has 1 atom stereocenters. The molecule has 1 unspecified atom stereocenters. The van der Waals surface area contributed by atoms with Crippen LogP contribution in [0.3, 0.4) is 0 Å². The number of carbonyl (C=O) groups is 1. The summed E-state index contributed by atoms with van der Waals surface area (Å²) in [5.41, 5.74) is 0.747. The molecule has 1 amide bonds. The number of allylic oxidation sites excluding steroid dienone is 1. The lowest BCUT2D eigenvalue weighted by Crippen LogP contribution is -2.30. The second-order valence-electron chi connectivity index (χ2n) is 6.96. The van der Waals surface area contributed by atoms with Crippen LogP contribution in [-0.4, -0.2) is 30.2 Å². The Bertz CT molecular complexity index is 964. The van der Waals surface area contributed by atoms with E-state index in [2.05, 4.69) is 0 Å². The summed E-state index contributed by atoms with van der Waals surface area (Å²) < 4.78 is 77.7. The van der Waals surface area contributed by atoms with E-state index in [1.807, 2.05) is 0 Å². The molecule has 0 fully saturated rings. The van der Waals surface area contributed by atoms with Crippen molar-refractivity contribution in [3.8, 4) is 0 Å². The highest BCUT2D eigenvalue weighted by Gasteiger charge is 2.39. The predicted octanol–water partition coefficient (Wildman–Crippen LogP) is 7.92. The minimum atomic E-state index is -4.63. The first-order valence-corrected chi connectivity index (χ1v) is 10.1. The van der Waals surface area contributed by atoms with Crippen molar-refractivity contribution in [2.75, 3.05) is 7.05 Å². The molecule has 0 N–H and O–H groups in total. The van der Waals surface area contributed by atoms with Gasteiger partial charge in [0.15, 0.2) is 0 Å². The van der Waals surface area contributed by atoms with Gasteiger partial charge in [0, 0.05) is 13.6 Å². The van der Waals surface area contributed by atoms with Gasteiger partial charge in [-0.05, 0) is 28.8 Å². The van der Waals surface area contributed by atoms with Gasteiger partial charge < -0.3 is 4.90 Å². The molecule has 11 heteroatoms. The fourth-order valence-electron chi connectivity index (χ4n) is 2.77. The third-order valence-corrected chi connectivity index (χ3v) is 5.57. The van der Waals surface area contributed by atoms with Crippen LogP contribution < -0.4 is 0 Å². The van der Waals surface area contributed by atoms with Crippen LogP contribution in [0.5, 0.6) is 0 Å². The fraction of sp³-hybridized carbons (Fsp3) is 0.286. The van der Waals surface area contributed by atoms with E-state index >= 15 is 0 Å². The Kier molecular flexibility index (Phi) is 8.53. The molecular formula is C21H16Cl3F6NO. The SMILES string of the molecule is CN(Cc1ccc(/C=C\C(c2cc(Cl)c(Cl)c(Cl)c2)C(F)(F)F)cc1)C(=O)CC(F)(F)F. The van der Waals surface area contributed by atoms with Gasteiger partial charge in [0.1, 0.15) is 6.42 Å². The number of amides is 1. The van der Waals surface area contributed by atoms with Gasteiger partial charge in [0.2, 0.25) is 5.91 Å². The maximum absolute atomic E-state index is 13.6. The standard InChI is InChI=1S/C21H16Cl3F6NO/c1-31(18(32)10-20(25,26)27)11-13-4-2-12(3-5-13)6-7-15(21(28,29)30)14-8-16(22)19(24)17(23)9-14/h2-9,15H,10-11H2,1H3/b7-6-. The maximum atomic E-state index is 13.6. The second kappa shape index (κ2) is 10.4. The highest BCUT2D eigenvalue weighted by Crippen LogP contribution is 2.41. The summed E-state index contributed by atoms with van der Waals surface area (Å²) in [6.07, 6.45) is -8.62. The molecule has 0 heterocycles. The first-order valence-electron chi connectivity index (χ1n) is 8.96. The van der Waals surface area contributed by atoms with Crippen LogP contribution in [0, 0.1) is 0 Å². The quantitative estimate of drug-likeness (QED) is 0.281. The number of alkyl halides is 6. The van der Waals surface area contributed by atoms with Crippen LogP contribution in [-0.2, 0) is 11.3 Å². The molecule has 0 radical (unpaired) electrons. The summed E-state index contributed by atoms with van der Waals surface area (Å²) in [7, 11) is 1.23. The molecular weight excluding hydrogens is 503 g/mol. The lowest BCUT2D eigenvalue weighted by molar-refractivity contribution is -0.160. The Morgan fingerprint density at radius 2 is 1.53 bits per heavy atom. The molecule has 174 valence electrons. The average molecular weight is 519 g/mol. The lowest BCUT2D eigenvalue weighted by atomic mass is 9.97. The van der Waals surface area contributed by atoms with Crippen LogP contribution in [0.25, 0.3) is 6.08 Å². The van der Waals surface area contributed by atoms with Gasteiger partial charge in [-0.25, -0.2) is 0 Å². The summed E-state index contributed by atoms with van der Waals surface area (Å²) in [5.74, 6) is -3.09. The zero-order valence-corrected chi connectivity index (χ0v) is 18.6. The molecule has 0 bridgehead atoms. The van der Waals surface area contributed by atoms with E-state index in [0.717, 1.165) is 23.1 Å². The largest absolute Gasteiger partial charge is 0.399 e. The van der Waals surface area contributed by atoms with Crippen LogP contribution in [0.15, 0.2) is 42.5 Å². The van der Waals surface area contributed by atoms with E-state index in [0.29, 0.717) is 11.1 Å². The zero-order chi connectivity index (χ0) is 24.3. The smallest absolute Gasteiger partial charge is 0.341 e. The first-order chi connectivity index (χ1) is 14.7. The van der Waals surface area contributed by atoms with Crippen molar-refractivity contribution in [2.24, 2.45) is 0 Å². The normalized spacial score (nSPS) is 13.4. The molecule has 0 saturated carbocycles. The van der Waals surface area contributed by atoms with Gasteiger partial charge in [-0.3, -0.25) is 4.79 Å². The number of hydrogen-bond donors (Lipinski definition) is 0. The van der Waals surface area contributed by atoms with Crippen LogP contribution in [0.1, 0.15) is 29.0 Å². The fourth-order valence-corrected chi connectivity index (χ4v) is 3.39. The van der Waals surface area contributed by atoms with Crippen LogP contribution >= 0.6 is 34.8 Å². The molecule has 2 aromatic carbocycles. The summed E-state index contributed by atoms with van der Waals surface area (Å²) in [5, 5.41) is -0.257. The Hall–Kier alpha value is -1.90. The number of benzene rings is 2. The topological polar surface area (TPSA) is 20.3 Å². The van der Waals surface area contributed by atoms with E-state index < -0.39 is 30.6 Å². The Balaban J connectivity index is 2.16. The molecule has 2 nitrogen and oxygen atoms in total. The predicted molar refractivity (Wildman–Crippen MR) is 113 cm³/mol. The summed E-state index contributed by atoms with van der Waals surface area (Å²) in [6, 6.07) is 8.18. The second-order valence-corrected chi connectivity index (χ2v) is 8.15. The lowest BCUT2D eigenvalue weighted by Gasteiger charge is -2.19. The first kappa shape index (κ1) is 26.4. The third kappa shape index (κ3) is 7.60. The van der Waals surface area contributed by atoms with E-state index in [-0.39, 0.29) is 27.2 Å². The molecule has 0 aliphatic carbocycles. The summed E-state index contributed by atoms with van der Waals surface area (Å²) in [4.78, 5) is 12.5. The maximum Gasteiger partial charge on any atom is 0.399 e. The van der Waals surface area contributed by atoms with E-state index in [1.54, 1.807) is 0 Å². The van der Waals surface area contributed by atoms with Gasteiger partial charge in [0.05, 0.1) is 21.0 Å². The summed E-state index contributed by atoms with van der Waals surface area (Å²) >= 11 is 17.5. The number of rotatable bonds is 6. The van der Waals surface area contributed by atoms with Gasteiger partial charge in [-0.1, -0.05) is 71.2 Å². The highest BCUT2D eigenvalue weighted by atomic mass is 35.5. The number of halogens is 9. The minimum Gasteiger partial charge on any atom is -0.341 e. The van der Waals surface area contributed by atoms with Crippen molar-refractivity contribution < 1.29 is 31.1 Å². The molecule has 0 aliphatic heterocycles. The van der Waals surface area contributed by atoms with Gasteiger partial charge in [-0.15, -0.1) is 0 Å². The monoisotopic (exact) mass is 517 g/mol. The van der Waals surface area contributed by atoms with Crippen molar-refractivity contribution in [2.45, 2.75) is 31.2 Å². The van der Waals surface area contributed by atoms with E-state index in [4.69, 9.17) is 34.8 Å². The molecule has 0 saturated heterocycles. The van der Waals surface area contributed by atoms with E-state index in [1.165, 1.54) is 37.4 Å². The number of nitrogens with zero attached hydrogens (tertiary/aromatic N) is 1. The molecule has 2 aromatic rings. The van der Waals surface area contributed by atoms with Crippen molar-refractivity contribution in [1.29, 1.82) is 0 Å². The Labute approximate surface area is 195 Å². The van der Waals surface area contributed by atoms with Gasteiger partial charge >= 0.3 is 12.4 Å². The van der Waals surface area contributed by atoms with Crippen molar-refractivity contribution in [1.82, 2.24) is 4.90 Å². The van der Waals surface area contributed by atoms with Crippen molar-refractivity contribution >= 4 is 46.8 Å². The van der Waals surface area contributed by atoms with Gasteiger partial charge in [0.25, 0.3) is 0 Å². The highest BCUT2D eigenvalue weighted by molar-refractivity contribution is 6.48. The minimum absolute atomic E-state index is 0.0451. The van der Waals surface area contributed by atoms with Crippen LogP contribution in [0.4, 0.5) is 26.3 Å². The third-order valence-electron chi connectivity index (χ3n) is 4.38.